The van der Waals surface area contributed by atoms with Crippen molar-refractivity contribution in [3.05, 3.63) is 33.4 Å². The molecule has 0 aromatic heterocycles. The Morgan fingerprint density at radius 1 is 1.22 bits per heavy atom. The summed E-state index contributed by atoms with van der Waals surface area (Å²) in [5.74, 6) is 0. The standard InChI is InChI=1S/C14H19IO3/c1-2-3-4-5-9-17-14(16)18-11-12-7-6-8-13(15)10-12/h6-8,10H,2-5,9,11H2,1H3. The van der Waals surface area contributed by atoms with E-state index in [1.807, 2.05) is 24.3 Å². The monoisotopic (exact) mass is 362 g/mol. The highest BCUT2D eigenvalue weighted by atomic mass is 127. The van der Waals surface area contributed by atoms with E-state index >= 15 is 0 Å². The molecular formula is C14H19IO3. The van der Waals surface area contributed by atoms with E-state index in [1.165, 1.54) is 12.8 Å². The molecule has 0 heterocycles. The maximum Gasteiger partial charge on any atom is 0.508 e. The Hall–Kier alpha value is -0.780. The van der Waals surface area contributed by atoms with Crippen molar-refractivity contribution in [3.8, 4) is 0 Å². The van der Waals surface area contributed by atoms with Gasteiger partial charge in [-0.25, -0.2) is 4.79 Å². The first kappa shape index (κ1) is 15.3. The molecule has 0 aliphatic rings. The lowest BCUT2D eigenvalue weighted by Crippen LogP contribution is -2.08. The van der Waals surface area contributed by atoms with Crippen LogP contribution in [-0.2, 0) is 16.1 Å². The summed E-state index contributed by atoms with van der Waals surface area (Å²) in [5.41, 5.74) is 0.977. The molecule has 0 bridgehead atoms. The Morgan fingerprint density at radius 3 is 2.78 bits per heavy atom. The number of rotatable bonds is 7. The molecule has 1 rings (SSSR count). The van der Waals surface area contributed by atoms with Crippen LogP contribution in [0.4, 0.5) is 4.79 Å². The lowest BCUT2D eigenvalue weighted by molar-refractivity contribution is 0.0488. The second-order valence-corrected chi connectivity index (χ2v) is 5.32. The van der Waals surface area contributed by atoms with Crippen molar-refractivity contribution in [2.75, 3.05) is 6.61 Å². The van der Waals surface area contributed by atoms with Crippen LogP contribution >= 0.6 is 22.6 Å². The van der Waals surface area contributed by atoms with Crippen LogP contribution in [-0.4, -0.2) is 12.8 Å². The van der Waals surface area contributed by atoms with E-state index in [2.05, 4.69) is 29.5 Å². The SMILES string of the molecule is CCCCCCOC(=O)OCc1cccc(I)c1. The molecule has 1 aromatic carbocycles. The summed E-state index contributed by atoms with van der Waals surface area (Å²) >= 11 is 2.23. The van der Waals surface area contributed by atoms with E-state index < -0.39 is 6.16 Å². The third-order valence-electron chi connectivity index (χ3n) is 2.46. The van der Waals surface area contributed by atoms with Crippen LogP contribution in [0.1, 0.15) is 38.2 Å². The van der Waals surface area contributed by atoms with Crippen LogP contribution in [0.15, 0.2) is 24.3 Å². The van der Waals surface area contributed by atoms with Gasteiger partial charge in [-0.3, -0.25) is 0 Å². The predicted octanol–water partition coefficient (Wildman–Crippen LogP) is 4.52. The molecule has 0 aliphatic heterocycles. The summed E-state index contributed by atoms with van der Waals surface area (Å²) in [5, 5.41) is 0. The van der Waals surface area contributed by atoms with Gasteiger partial charge in [0.2, 0.25) is 0 Å². The number of hydrogen-bond acceptors (Lipinski definition) is 3. The predicted molar refractivity (Wildman–Crippen MR) is 79.4 cm³/mol. The van der Waals surface area contributed by atoms with Gasteiger partial charge in [-0.2, -0.15) is 0 Å². The second kappa shape index (κ2) is 9.19. The van der Waals surface area contributed by atoms with Crippen LogP contribution in [0.3, 0.4) is 0 Å². The molecule has 1 aromatic rings. The van der Waals surface area contributed by atoms with Gasteiger partial charge in [0.15, 0.2) is 0 Å². The number of benzene rings is 1. The van der Waals surface area contributed by atoms with E-state index in [0.717, 1.165) is 22.0 Å². The average molecular weight is 362 g/mol. The lowest BCUT2D eigenvalue weighted by Gasteiger charge is -2.06. The van der Waals surface area contributed by atoms with E-state index in [-0.39, 0.29) is 6.61 Å². The van der Waals surface area contributed by atoms with Crippen molar-refractivity contribution in [3.63, 3.8) is 0 Å². The summed E-state index contributed by atoms with van der Waals surface area (Å²) in [7, 11) is 0. The minimum absolute atomic E-state index is 0.268. The van der Waals surface area contributed by atoms with Crippen LogP contribution < -0.4 is 0 Å². The number of halogens is 1. The molecule has 0 atom stereocenters. The first-order valence-electron chi connectivity index (χ1n) is 6.26. The smallest absolute Gasteiger partial charge is 0.434 e. The van der Waals surface area contributed by atoms with Gasteiger partial charge < -0.3 is 9.47 Å². The van der Waals surface area contributed by atoms with Crippen LogP contribution in [0.2, 0.25) is 0 Å². The summed E-state index contributed by atoms with van der Waals surface area (Å²) < 4.78 is 11.1. The number of unbranched alkanes of at least 4 members (excludes halogenated alkanes) is 3. The van der Waals surface area contributed by atoms with Gasteiger partial charge in [0, 0.05) is 3.57 Å². The fourth-order valence-electron chi connectivity index (χ4n) is 1.50. The highest BCUT2D eigenvalue weighted by molar-refractivity contribution is 14.1. The summed E-state index contributed by atoms with van der Waals surface area (Å²) in [6.07, 6.45) is 3.79. The molecule has 0 saturated heterocycles. The quantitative estimate of drug-likeness (QED) is 0.406. The molecule has 0 spiro atoms. The zero-order chi connectivity index (χ0) is 13.2. The second-order valence-electron chi connectivity index (χ2n) is 4.08. The summed E-state index contributed by atoms with van der Waals surface area (Å²) in [6.45, 7) is 2.87. The van der Waals surface area contributed by atoms with Crippen molar-refractivity contribution >= 4 is 28.7 Å². The Morgan fingerprint density at radius 2 is 2.06 bits per heavy atom. The molecule has 0 amide bonds. The van der Waals surface area contributed by atoms with E-state index in [1.54, 1.807) is 0 Å². The third kappa shape index (κ3) is 6.83. The van der Waals surface area contributed by atoms with Crippen LogP contribution in [0, 0.1) is 3.57 Å². The van der Waals surface area contributed by atoms with Gasteiger partial charge >= 0.3 is 6.16 Å². The van der Waals surface area contributed by atoms with Gasteiger partial charge in [-0.05, 0) is 46.7 Å². The molecule has 100 valence electrons. The minimum atomic E-state index is -0.578. The highest BCUT2D eigenvalue weighted by Gasteiger charge is 2.04. The fraction of sp³-hybridized carbons (Fsp3) is 0.500. The molecular weight excluding hydrogens is 343 g/mol. The topological polar surface area (TPSA) is 35.5 Å². The zero-order valence-electron chi connectivity index (χ0n) is 10.7. The summed E-state index contributed by atoms with van der Waals surface area (Å²) in [6, 6.07) is 7.85. The minimum Gasteiger partial charge on any atom is -0.434 e. The van der Waals surface area contributed by atoms with Gasteiger partial charge in [-0.15, -0.1) is 0 Å². The summed E-state index contributed by atoms with van der Waals surface area (Å²) in [4.78, 5) is 11.3. The van der Waals surface area contributed by atoms with E-state index in [4.69, 9.17) is 9.47 Å². The van der Waals surface area contributed by atoms with Crippen molar-refractivity contribution in [1.29, 1.82) is 0 Å². The van der Waals surface area contributed by atoms with Crippen LogP contribution in [0.25, 0.3) is 0 Å². The number of carbonyl (C=O) groups excluding carboxylic acids is 1. The Labute approximate surface area is 122 Å². The molecule has 18 heavy (non-hydrogen) atoms. The molecule has 0 aliphatic carbocycles. The molecule has 4 heteroatoms. The van der Waals surface area contributed by atoms with Crippen LogP contribution in [0.5, 0.6) is 0 Å². The Kier molecular flexibility index (Phi) is 7.80. The molecule has 0 unspecified atom stereocenters. The largest absolute Gasteiger partial charge is 0.508 e. The Bertz CT molecular complexity index is 366. The van der Waals surface area contributed by atoms with Crippen molar-refractivity contribution in [2.45, 2.75) is 39.2 Å². The normalized spacial score (nSPS) is 10.1. The number of carbonyl (C=O) groups is 1. The van der Waals surface area contributed by atoms with Crippen molar-refractivity contribution in [2.24, 2.45) is 0 Å². The number of ether oxygens (including phenoxy) is 2. The zero-order valence-corrected chi connectivity index (χ0v) is 12.8. The van der Waals surface area contributed by atoms with Gasteiger partial charge in [-0.1, -0.05) is 38.3 Å². The van der Waals surface area contributed by atoms with Gasteiger partial charge in [0.05, 0.1) is 6.61 Å². The van der Waals surface area contributed by atoms with Gasteiger partial charge in [0.25, 0.3) is 0 Å². The molecule has 0 saturated carbocycles. The third-order valence-corrected chi connectivity index (χ3v) is 3.13. The Balaban J connectivity index is 2.13. The number of hydrogen-bond donors (Lipinski definition) is 0. The molecule has 0 radical (unpaired) electrons. The van der Waals surface area contributed by atoms with E-state index in [0.29, 0.717) is 6.61 Å². The maximum atomic E-state index is 11.3. The van der Waals surface area contributed by atoms with E-state index in [9.17, 15) is 4.79 Å². The van der Waals surface area contributed by atoms with Crippen molar-refractivity contribution in [1.82, 2.24) is 0 Å². The fourth-order valence-corrected chi connectivity index (χ4v) is 2.10. The molecule has 3 nitrogen and oxygen atoms in total. The molecule has 0 fully saturated rings. The first-order valence-corrected chi connectivity index (χ1v) is 7.34. The highest BCUT2D eigenvalue weighted by Crippen LogP contribution is 2.09. The average Bonchev–Trinajstić information content (AvgIpc) is 2.36. The van der Waals surface area contributed by atoms with Gasteiger partial charge in [0.1, 0.15) is 6.61 Å². The molecule has 0 N–H and O–H groups in total. The van der Waals surface area contributed by atoms with Crippen molar-refractivity contribution < 1.29 is 14.3 Å². The first-order chi connectivity index (χ1) is 8.72. The lowest BCUT2D eigenvalue weighted by atomic mass is 10.2. The maximum absolute atomic E-state index is 11.3.